The number of ether oxygens (including phenoxy) is 3. The van der Waals surface area contributed by atoms with Gasteiger partial charge in [-0.1, -0.05) is 23.2 Å². The largest absolute Gasteiger partial charge is 0.497 e. The van der Waals surface area contributed by atoms with E-state index < -0.39 is 20.0 Å². The van der Waals surface area contributed by atoms with Gasteiger partial charge < -0.3 is 14.2 Å². The van der Waals surface area contributed by atoms with Crippen molar-refractivity contribution in [1.82, 2.24) is 0 Å². The van der Waals surface area contributed by atoms with Gasteiger partial charge in [0, 0.05) is 11.8 Å². The minimum absolute atomic E-state index is 0.0486. The molecule has 3 aromatic carbocycles. The molecule has 182 valence electrons. The summed E-state index contributed by atoms with van der Waals surface area (Å²) in [7, 11) is -3.91. The Morgan fingerprint density at radius 2 is 1.29 bits per heavy atom. The third-order valence-electron chi connectivity index (χ3n) is 4.59. The van der Waals surface area contributed by atoms with Crippen molar-refractivity contribution in [2.75, 3.05) is 30.8 Å². The summed E-state index contributed by atoms with van der Waals surface area (Å²) in [5.74, 6) is 0.949. The van der Waals surface area contributed by atoms with Crippen LogP contribution in [0.5, 0.6) is 17.2 Å². The normalized spacial score (nSPS) is 11.6. The Morgan fingerprint density at radius 1 is 0.676 bits per heavy atom. The third-order valence-corrected chi connectivity index (χ3v) is 8.37. The molecule has 0 aliphatic rings. The summed E-state index contributed by atoms with van der Waals surface area (Å²) in [5, 5.41) is -0.253. The van der Waals surface area contributed by atoms with Gasteiger partial charge in [0.1, 0.15) is 27.2 Å². The molecule has 3 aromatic rings. The molecule has 0 radical (unpaired) electrons. The first kappa shape index (κ1) is 25.8. The zero-order valence-electron chi connectivity index (χ0n) is 18.1. The van der Waals surface area contributed by atoms with Gasteiger partial charge in [-0.2, -0.15) is 0 Å². The highest BCUT2D eigenvalue weighted by Gasteiger charge is 2.23. The van der Waals surface area contributed by atoms with E-state index in [1.165, 1.54) is 63.8 Å². The summed E-state index contributed by atoms with van der Waals surface area (Å²) in [6.45, 7) is 0. The monoisotopic (exact) mass is 546 g/mol. The molecule has 0 unspecified atom stereocenters. The standard InChI is InChI=1S/C21H20Cl2N2O7S2/c1-30-14-6-9-17(31-2)16(12-14)25-33(26,27)15-7-4-13(5-8-15)24-34(28,29)19-11-10-18(32-3)20(22)21(19)23/h4-12,24-25H,1-3H3. The van der Waals surface area contributed by atoms with Crippen LogP contribution in [0.15, 0.2) is 64.4 Å². The van der Waals surface area contributed by atoms with Crippen LogP contribution in [0.2, 0.25) is 10.0 Å². The Balaban J connectivity index is 1.84. The summed E-state index contributed by atoms with van der Waals surface area (Å²) in [6.07, 6.45) is 0. The van der Waals surface area contributed by atoms with Crippen LogP contribution in [0.25, 0.3) is 0 Å². The number of halogens is 2. The second-order valence-corrected chi connectivity index (χ2v) is 10.8. The Bertz CT molecular complexity index is 1410. The summed E-state index contributed by atoms with van der Waals surface area (Å²) >= 11 is 12.1. The highest BCUT2D eigenvalue weighted by Crippen LogP contribution is 2.37. The van der Waals surface area contributed by atoms with Crippen LogP contribution in [0.4, 0.5) is 11.4 Å². The predicted molar refractivity (Wildman–Crippen MR) is 131 cm³/mol. The van der Waals surface area contributed by atoms with Crippen molar-refractivity contribution >= 4 is 54.6 Å². The molecule has 13 heteroatoms. The fourth-order valence-electron chi connectivity index (χ4n) is 2.89. The van der Waals surface area contributed by atoms with E-state index in [9.17, 15) is 16.8 Å². The van der Waals surface area contributed by atoms with E-state index in [4.69, 9.17) is 37.4 Å². The Kier molecular flexibility index (Phi) is 7.71. The Hall–Kier alpha value is -2.86. The summed E-state index contributed by atoms with van der Waals surface area (Å²) in [5.41, 5.74) is 0.290. The van der Waals surface area contributed by atoms with Crippen LogP contribution in [-0.2, 0) is 20.0 Å². The van der Waals surface area contributed by atoms with Gasteiger partial charge in [0.2, 0.25) is 0 Å². The van der Waals surface area contributed by atoms with E-state index in [-0.39, 0.29) is 37.0 Å². The number of hydrogen-bond acceptors (Lipinski definition) is 7. The van der Waals surface area contributed by atoms with Crippen molar-refractivity contribution in [3.8, 4) is 17.2 Å². The van der Waals surface area contributed by atoms with E-state index in [0.29, 0.717) is 11.5 Å². The van der Waals surface area contributed by atoms with Crippen LogP contribution >= 0.6 is 23.2 Å². The Morgan fingerprint density at radius 3 is 1.88 bits per heavy atom. The summed E-state index contributed by atoms with van der Waals surface area (Å²) in [4.78, 5) is -0.366. The lowest BCUT2D eigenvalue weighted by molar-refractivity contribution is 0.405. The molecular weight excluding hydrogens is 527 g/mol. The van der Waals surface area contributed by atoms with E-state index in [2.05, 4.69) is 9.44 Å². The number of methoxy groups -OCH3 is 3. The van der Waals surface area contributed by atoms with Crippen LogP contribution in [0.3, 0.4) is 0 Å². The van der Waals surface area contributed by atoms with E-state index >= 15 is 0 Å². The molecule has 9 nitrogen and oxygen atoms in total. The van der Waals surface area contributed by atoms with Gasteiger partial charge in [-0.15, -0.1) is 0 Å². The van der Waals surface area contributed by atoms with Gasteiger partial charge in [-0.05, 0) is 48.5 Å². The number of nitrogens with one attached hydrogen (secondary N) is 2. The van der Waals surface area contributed by atoms with Crippen molar-refractivity contribution in [3.05, 3.63) is 64.6 Å². The molecule has 3 rings (SSSR count). The maximum absolute atomic E-state index is 12.8. The van der Waals surface area contributed by atoms with Crippen LogP contribution < -0.4 is 23.7 Å². The predicted octanol–water partition coefficient (Wildman–Crippen LogP) is 4.62. The molecule has 2 N–H and O–H groups in total. The molecule has 0 spiro atoms. The first-order valence-electron chi connectivity index (χ1n) is 9.42. The second-order valence-electron chi connectivity index (χ2n) is 6.70. The quantitative estimate of drug-likeness (QED) is 0.401. The van der Waals surface area contributed by atoms with Gasteiger partial charge in [0.15, 0.2) is 0 Å². The molecule has 0 aromatic heterocycles. The summed E-state index contributed by atoms with van der Waals surface area (Å²) < 4.78 is 71.3. The maximum atomic E-state index is 12.8. The van der Waals surface area contributed by atoms with Gasteiger partial charge in [0.05, 0.1) is 36.9 Å². The molecule has 0 aliphatic heterocycles. The van der Waals surface area contributed by atoms with Gasteiger partial charge in [-0.25, -0.2) is 16.8 Å². The van der Waals surface area contributed by atoms with Crippen LogP contribution in [0.1, 0.15) is 0 Å². The van der Waals surface area contributed by atoms with Crippen molar-refractivity contribution in [1.29, 1.82) is 0 Å². The number of hydrogen-bond donors (Lipinski definition) is 2. The number of benzene rings is 3. The third kappa shape index (κ3) is 5.44. The number of rotatable bonds is 9. The topological polar surface area (TPSA) is 120 Å². The smallest absolute Gasteiger partial charge is 0.263 e. The number of sulfonamides is 2. The SMILES string of the molecule is COc1ccc(OC)c(NS(=O)(=O)c2ccc(NS(=O)(=O)c3ccc(OC)c(Cl)c3Cl)cc2)c1. The van der Waals surface area contributed by atoms with E-state index in [1.54, 1.807) is 12.1 Å². The fourth-order valence-corrected chi connectivity index (χ4v) is 5.85. The first-order valence-corrected chi connectivity index (χ1v) is 13.1. The molecule has 0 heterocycles. The van der Waals surface area contributed by atoms with Crippen molar-refractivity contribution in [2.24, 2.45) is 0 Å². The maximum Gasteiger partial charge on any atom is 0.263 e. The molecule has 0 saturated carbocycles. The van der Waals surface area contributed by atoms with Gasteiger partial charge in [0.25, 0.3) is 20.0 Å². The zero-order valence-corrected chi connectivity index (χ0v) is 21.3. The molecule has 0 amide bonds. The molecule has 0 atom stereocenters. The first-order chi connectivity index (χ1) is 16.0. The molecule has 0 saturated heterocycles. The van der Waals surface area contributed by atoms with E-state index in [0.717, 1.165) is 0 Å². The molecule has 0 bridgehead atoms. The van der Waals surface area contributed by atoms with Crippen molar-refractivity contribution in [3.63, 3.8) is 0 Å². The zero-order chi connectivity index (χ0) is 25.1. The van der Waals surface area contributed by atoms with Crippen LogP contribution in [0, 0.1) is 0 Å². The van der Waals surface area contributed by atoms with Crippen LogP contribution in [-0.4, -0.2) is 38.2 Å². The highest BCUT2D eigenvalue weighted by molar-refractivity contribution is 7.93. The van der Waals surface area contributed by atoms with E-state index in [1.807, 2.05) is 0 Å². The lowest BCUT2D eigenvalue weighted by atomic mass is 10.3. The molecular formula is C21H20Cl2N2O7S2. The average molecular weight is 547 g/mol. The summed E-state index contributed by atoms with van der Waals surface area (Å²) in [6, 6.07) is 12.4. The highest BCUT2D eigenvalue weighted by atomic mass is 35.5. The minimum atomic E-state index is -4.12. The Labute approximate surface area is 207 Å². The molecule has 34 heavy (non-hydrogen) atoms. The molecule has 0 aliphatic carbocycles. The number of anilines is 2. The molecule has 0 fully saturated rings. The van der Waals surface area contributed by atoms with Gasteiger partial charge >= 0.3 is 0 Å². The van der Waals surface area contributed by atoms with Crippen molar-refractivity contribution < 1.29 is 31.0 Å². The second kappa shape index (κ2) is 10.2. The van der Waals surface area contributed by atoms with Crippen molar-refractivity contribution in [2.45, 2.75) is 9.79 Å². The fraction of sp³-hybridized carbons (Fsp3) is 0.143. The lowest BCUT2D eigenvalue weighted by Crippen LogP contribution is -2.15. The average Bonchev–Trinajstić information content (AvgIpc) is 2.80. The van der Waals surface area contributed by atoms with Gasteiger partial charge in [-0.3, -0.25) is 9.44 Å². The lowest BCUT2D eigenvalue weighted by Gasteiger charge is -2.14. The minimum Gasteiger partial charge on any atom is -0.497 e.